The van der Waals surface area contributed by atoms with Gasteiger partial charge in [0.05, 0.1) is 23.7 Å². The Labute approximate surface area is 106 Å². The molecule has 0 radical (unpaired) electrons. The third kappa shape index (κ3) is 4.09. The Bertz CT molecular complexity index is 363. The number of thiazole rings is 1. The zero-order valence-electron chi connectivity index (χ0n) is 10.6. The van der Waals surface area contributed by atoms with Crippen LogP contribution in [-0.4, -0.2) is 40.6 Å². The van der Waals surface area contributed by atoms with E-state index in [2.05, 4.69) is 18.8 Å². The molecule has 1 rings (SSSR count). The fourth-order valence-electron chi connectivity index (χ4n) is 1.52. The molecule has 0 saturated carbocycles. The van der Waals surface area contributed by atoms with Crippen molar-refractivity contribution in [2.24, 2.45) is 0 Å². The van der Waals surface area contributed by atoms with Crippen molar-refractivity contribution < 1.29 is 9.90 Å². The molecule has 0 atom stereocenters. The van der Waals surface area contributed by atoms with Gasteiger partial charge in [-0.1, -0.05) is 13.8 Å². The molecule has 1 N–H and O–H groups in total. The lowest BCUT2D eigenvalue weighted by Crippen LogP contribution is -2.34. The van der Waals surface area contributed by atoms with Gasteiger partial charge in [-0.15, -0.1) is 11.3 Å². The van der Waals surface area contributed by atoms with Crippen LogP contribution in [0.2, 0.25) is 0 Å². The molecule has 0 aliphatic carbocycles. The number of likely N-dealkylation sites (N-methyl/N-ethyl adjacent to an activating group) is 1. The fourth-order valence-corrected chi connectivity index (χ4v) is 2.35. The van der Waals surface area contributed by atoms with Crippen LogP contribution in [0, 0.1) is 0 Å². The van der Waals surface area contributed by atoms with Gasteiger partial charge in [-0.3, -0.25) is 4.79 Å². The minimum atomic E-state index is 0.00783. The van der Waals surface area contributed by atoms with Gasteiger partial charge in [-0.2, -0.15) is 0 Å². The van der Waals surface area contributed by atoms with Gasteiger partial charge < -0.3 is 10.0 Å². The quantitative estimate of drug-likeness (QED) is 0.842. The molecule has 96 valence electrons. The van der Waals surface area contributed by atoms with Gasteiger partial charge >= 0.3 is 0 Å². The number of carbonyl (C=O) groups is 1. The molecule has 0 unspecified atom stereocenters. The van der Waals surface area contributed by atoms with Crippen molar-refractivity contribution >= 4 is 17.2 Å². The highest BCUT2D eigenvalue weighted by Gasteiger charge is 2.14. The molecule has 1 amide bonds. The van der Waals surface area contributed by atoms with E-state index in [1.165, 1.54) is 0 Å². The number of aliphatic hydroxyl groups excluding tert-OH is 1. The van der Waals surface area contributed by atoms with Crippen LogP contribution in [-0.2, 0) is 11.2 Å². The van der Waals surface area contributed by atoms with E-state index >= 15 is 0 Å². The minimum absolute atomic E-state index is 0.00783. The van der Waals surface area contributed by atoms with Crippen LogP contribution < -0.4 is 0 Å². The number of aromatic nitrogens is 1. The second-order valence-corrected chi connectivity index (χ2v) is 5.10. The molecule has 17 heavy (non-hydrogen) atoms. The van der Waals surface area contributed by atoms with E-state index < -0.39 is 0 Å². The molecule has 0 fully saturated rings. The molecule has 4 nitrogen and oxygen atoms in total. The van der Waals surface area contributed by atoms with Gasteiger partial charge in [0.15, 0.2) is 0 Å². The Morgan fingerprint density at radius 3 is 2.76 bits per heavy atom. The summed E-state index contributed by atoms with van der Waals surface area (Å²) in [5.41, 5.74) is 0.833. The highest BCUT2D eigenvalue weighted by Crippen LogP contribution is 2.19. The molecule has 0 aliphatic heterocycles. The number of nitrogens with zero attached hydrogens (tertiary/aromatic N) is 2. The van der Waals surface area contributed by atoms with Crippen LogP contribution in [0.25, 0.3) is 0 Å². The lowest BCUT2D eigenvalue weighted by molar-refractivity contribution is -0.130. The first-order chi connectivity index (χ1) is 8.08. The summed E-state index contributed by atoms with van der Waals surface area (Å²) >= 11 is 1.60. The lowest BCUT2D eigenvalue weighted by atomic mass is 10.2. The summed E-state index contributed by atoms with van der Waals surface area (Å²) in [7, 11) is 0. The highest BCUT2D eigenvalue weighted by atomic mass is 32.1. The van der Waals surface area contributed by atoms with Crippen LogP contribution in [0.4, 0.5) is 0 Å². The van der Waals surface area contributed by atoms with Crippen LogP contribution in [0.1, 0.15) is 37.4 Å². The maximum absolute atomic E-state index is 11.9. The summed E-state index contributed by atoms with van der Waals surface area (Å²) in [6.07, 6.45) is 0.330. The van der Waals surface area contributed by atoms with Gasteiger partial charge in [-0.05, 0) is 6.92 Å². The van der Waals surface area contributed by atoms with Gasteiger partial charge in [0.2, 0.25) is 5.91 Å². The molecular formula is C12H20N2O2S. The number of hydrogen-bond donors (Lipinski definition) is 1. The Morgan fingerprint density at radius 2 is 2.29 bits per heavy atom. The Hall–Kier alpha value is -0.940. The van der Waals surface area contributed by atoms with E-state index in [4.69, 9.17) is 5.11 Å². The summed E-state index contributed by atoms with van der Waals surface area (Å²) in [4.78, 5) is 18.0. The van der Waals surface area contributed by atoms with Crippen molar-refractivity contribution in [1.82, 2.24) is 9.88 Å². The number of hydrogen-bond acceptors (Lipinski definition) is 4. The van der Waals surface area contributed by atoms with E-state index in [1.807, 2.05) is 12.3 Å². The smallest absolute Gasteiger partial charge is 0.228 e. The fraction of sp³-hybridized carbons (Fsp3) is 0.667. The van der Waals surface area contributed by atoms with Crippen molar-refractivity contribution in [1.29, 1.82) is 0 Å². The minimum Gasteiger partial charge on any atom is -0.395 e. The maximum atomic E-state index is 11.9. The van der Waals surface area contributed by atoms with E-state index in [-0.39, 0.29) is 12.5 Å². The molecule has 0 saturated heterocycles. The average Bonchev–Trinajstić information content (AvgIpc) is 2.74. The van der Waals surface area contributed by atoms with Gasteiger partial charge in [-0.25, -0.2) is 4.98 Å². The Kier molecular flexibility index (Phi) is 5.58. The normalized spacial score (nSPS) is 10.9. The summed E-state index contributed by atoms with van der Waals surface area (Å²) in [6.45, 7) is 7.13. The van der Waals surface area contributed by atoms with Crippen molar-refractivity contribution in [2.45, 2.75) is 33.1 Å². The summed E-state index contributed by atoms with van der Waals surface area (Å²) in [5.74, 6) is 0.436. The van der Waals surface area contributed by atoms with Crippen LogP contribution in [0.5, 0.6) is 0 Å². The number of carbonyl (C=O) groups excluding carboxylic acids is 1. The van der Waals surface area contributed by atoms with Crippen molar-refractivity contribution in [2.75, 3.05) is 19.7 Å². The maximum Gasteiger partial charge on any atom is 0.228 e. The first-order valence-electron chi connectivity index (χ1n) is 5.91. The predicted octanol–water partition coefficient (Wildman–Crippen LogP) is 1.65. The number of rotatable bonds is 6. The summed E-state index contributed by atoms with van der Waals surface area (Å²) in [5, 5.41) is 11.9. The number of aliphatic hydroxyl groups is 1. The molecular weight excluding hydrogens is 236 g/mol. The van der Waals surface area contributed by atoms with Gasteiger partial charge in [0, 0.05) is 24.4 Å². The molecule has 1 heterocycles. The van der Waals surface area contributed by atoms with Gasteiger partial charge in [0.1, 0.15) is 0 Å². The van der Waals surface area contributed by atoms with E-state index in [0.29, 0.717) is 25.4 Å². The van der Waals surface area contributed by atoms with Crippen LogP contribution in [0.3, 0.4) is 0 Å². The molecule has 0 bridgehead atoms. The molecule has 0 aromatic carbocycles. The van der Waals surface area contributed by atoms with Crippen molar-refractivity contribution in [3.8, 4) is 0 Å². The molecule has 5 heteroatoms. The molecule has 0 spiro atoms. The van der Waals surface area contributed by atoms with Gasteiger partial charge in [0.25, 0.3) is 0 Å². The SMILES string of the molecule is CCN(CCO)C(=O)Cc1csc(C(C)C)n1. The standard InChI is InChI=1S/C12H20N2O2S/c1-4-14(5-6-15)11(16)7-10-8-17-12(13-10)9(2)3/h8-9,15H,4-7H2,1-3H3. The largest absolute Gasteiger partial charge is 0.395 e. The third-order valence-electron chi connectivity index (χ3n) is 2.50. The average molecular weight is 256 g/mol. The van der Waals surface area contributed by atoms with Crippen LogP contribution in [0.15, 0.2) is 5.38 Å². The molecule has 0 aliphatic rings. The van der Waals surface area contributed by atoms with Crippen molar-refractivity contribution in [3.05, 3.63) is 16.1 Å². The monoisotopic (exact) mass is 256 g/mol. The lowest BCUT2D eigenvalue weighted by Gasteiger charge is -2.18. The first kappa shape index (κ1) is 14.1. The second kappa shape index (κ2) is 6.71. The third-order valence-corrected chi connectivity index (χ3v) is 3.69. The van der Waals surface area contributed by atoms with Crippen LogP contribution >= 0.6 is 11.3 Å². The van der Waals surface area contributed by atoms with E-state index in [9.17, 15) is 4.79 Å². The topological polar surface area (TPSA) is 53.4 Å². The first-order valence-corrected chi connectivity index (χ1v) is 6.79. The second-order valence-electron chi connectivity index (χ2n) is 4.21. The predicted molar refractivity (Wildman–Crippen MR) is 69.2 cm³/mol. The zero-order chi connectivity index (χ0) is 12.8. The number of amides is 1. The van der Waals surface area contributed by atoms with E-state index in [1.54, 1.807) is 16.2 Å². The zero-order valence-corrected chi connectivity index (χ0v) is 11.5. The molecule has 1 aromatic heterocycles. The summed E-state index contributed by atoms with van der Waals surface area (Å²) in [6, 6.07) is 0. The molecule has 1 aromatic rings. The summed E-state index contributed by atoms with van der Waals surface area (Å²) < 4.78 is 0. The Balaban J connectivity index is 2.60. The highest BCUT2D eigenvalue weighted by molar-refractivity contribution is 7.09. The van der Waals surface area contributed by atoms with E-state index in [0.717, 1.165) is 10.7 Å². The Morgan fingerprint density at radius 1 is 1.59 bits per heavy atom. The van der Waals surface area contributed by atoms with Crippen molar-refractivity contribution in [3.63, 3.8) is 0 Å².